The highest BCUT2D eigenvalue weighted by Crippen LogP contribution is 2.18. The molecule has 5 nitrogen and oxygen atoms in total. The molecule has 3 rings (SSSR count). The second-order valence-corrected chi connectivity index (χ2v) is 7.52. The summed E-state index contributed by atoms with van der Waals surface area (Å²) in [6, 6.07) is 15.0. The van der Waals surface area contributed by atoms with Crippen molar-refractivity contribution in [1.82, 2.24) is 15.1 Å². The van der Waals surface area contributed by atoms with Crippen LogP contribution in [-0.4, -0.2) is 54.8 Å². The normalized spacial score (nSPS) is 15.7. The number of nitrogens with zero attached hydrogens (tertiary/aromatic N) is 2. The van der Waals surface area contributed by atoms with Gasteiger partial charge in [-0.15, -0.1) is 0 Å². The highest BCUT2D eigenvalue weighted by atomic mass is 19.1. The third-order valence-electron chi connectivity index (χ3n) is 5.28. The Morgan fingerprint density at radius 3 is 2.31 bits per heavy atom. The number of carbonyl (C=O) groups excluding carboxylic acids is 2. The summed E-state index contributed by atoms with van der Waals surface area (Å²) in [5, 5.41) is 2.93. The van der Waals surface area contributed by atoms with Gasteiger partial charge >= 0.3 is 0 Å². The van der Waals surface area contributed by atoms with Crippen LogP contribution in [0.15, 0.2) is 54.6 Å². The number of nitrogens with one attached hydrogen (secondary N) is 1. The van der Waals surface area contributed by atoms with Gasteiger partial charge in [-0.3, -0.25) is 9.59 Å². The summed E-state index contributed by atoms with van der Waals surface area (Å²) in [5.74, 6) is -0.473. The first-order chi connectivity index (χ1) is 14.0. The van der Waals surface area contributed by atoms with Gasteiger partial charge in [0.15, 0.2) is 0 Å². The Morgan fingerprint density at radius 1 is 1.00 bits per heavy atom. The van der Waals surface area contributed by atoms with Crippen molar-refractivity contribution < 1.29 is 14.0 Å². The maximum Gasteiger partial charge on any atom is 0.249 e. The highest BCUT2D eigenvalue weighted by molar-refractivity contribution is 5.88. The number of likely N-dealkylation sites (N-methyl/N-ethyl adjacent to an activating group) is 1. The second-order valence-electron chi connectivity index (χ2n) is 7.52. The molecule has 1 aliphatic rings. The van der Waals surface area contributed by atoms with E-state index in [9.17, 15) is 14.0 Å². The lowest BCUT2D eigenvalue weighted by Gasteiger charge is -2.35. The summed E-state index contributed by atoms with van der Waals surface area (Å²) in [7, 11) is 2.04. The van der Waals surface area contributed by atoms with Gasteiger partial charge in [0.25, 0.3) is 0 Å². The molecule has 0 unspecified atom stereocenters. The zero-order valence-electron chi connectivity index (χ0n) is 16.8. The van der Waals surface area contributed by atoms with Crippen molar-refractivity contribution in [2.24, 2.45) is 0 Å². The van der Waals surface area contributed by atoms with Gasteiger partial charge in [-0.25, -0.2) is 4.39 Å². The molecule has 0 aliphatic carbocycles. The number of carbonyl (C=O) groups is 2. The van der Waals surface area contributed by atoms with Gasteiger partial charge in [0, 0.05) is 32.6 Å². The molecule has 0 aromatic heterocycles. The molecule has 2 amide bonds. The van der Waals surface area contributed by atoms with Gasteiger partial charge in [-0.05, 0) is 43.1 Å². The summed E-state index contributed by atoms with van der Waals surface area (Å²) < 4.78 is 13.0. The maximum absolute atomic E-state index is 13.1. The second kappa shape index (κ2) is 10.2. The van der Waals surface area contributed by atoms with Crippen molar-refractivity contribution in [2.75, 3.05) is 33.2 Å². The first-order valence-electron chi connectivity index (χ1n) is 10.1. The summed E-state index contributed by atoms with van der Waals surface area (Å²) in [6.07, 6.45) is 1.65. The van der Waals surface area contributed by atoms with Crippen molar-refractivity contribution >= 4 is 11.8 Å². The van der Waals surface area contributed by atoms with E-state index in [1.165, 1.54) is 12.1 Å². The van der Waals surface area contributed by atoms with E-state index in [4.69, 9.17) is 0 Å². The molecule has 2 aromatic carbocycles. The topological polar surface area (TPSA) is 52.6 Å². The van der Waals surface area contributed by atoms with Crippen LogP contribution in [0.25, 0.3) is 0 Å². The van der Waals surface area contributed by atoms with E-state index in [0.29, 0.717) is 32.4 Å². The fraction of sp³-hybridized carbons (Fsp3) is 0.391. The summed E-state index contributed by atoms with van der Waals surface area (Å²) in [6.45, 7) is 3.00. The molecule has 0 saturated carbocycles. The SMILES string of the molecule is CN1CCN(C(=O)[C@@H](NC(=O)CCCc2ccc(F)cc2)c2ccccc2)CC1. The van der Waals surface area contributed by atoms with Gasteiger partial charge in [0.05, 0.1) is 0 Å². The van der Waals surface area contributed by atoms with Gasteiger partial charge < -0.3 is 15.1 Å². The number of rotatable bonds is 7. The molecule has 1 saturated heterocycles. The molecule has 0 bridgehead atoms. The number of amides is 2. The number of benzene rings is 2. The molecule has 29 heavy (non-hydrogen) atoms. The lowest BCUT2D eigenvalue weighted by molar-refractivity contribution is -0.138. The molecule has 2 aromatic rings. The minimum Gasteiger partial charge on any atom is -0.341 e. The third kappa shape index (κ3) is 6.12. The number of hydrogen-bond acceptors (Lipinski definition) is 3. The average molecular weight is 397 g/mol. The quantitative estimate of drug-likeness (QED) is 0.782. The largest absolute Gasteiger partial charge is 0.341 e. The van der Waals surface area contributed by atoms with E-state index in [1.807, 2.05) is 42.3 Å². The molecular weight excluding hydrogens is 369 g/mol. The van der Waals surface area contributed by atoms with Crippen LogP contribution in [0.2, 0.25) is 0 Å². The Bertz CT molecular complexity index is 803. The number of piperazine rings is 1. The number of hydrogen-bond donors (Lipinski definition) is 1. The lowest BCUT2D eigenvalue weighted by atomic mass is 10.0. The predicted octanol–water partition coefficient (Wildman–Crippen LogP) is 2.78. The van der Waals surface area contributed by atoms with Crippen LogP contribution in [0.5, 0.6) is 0 Å². The molecule has 1 atom stereocenters. The van der Waals surface area contributed by atoms with E-state index < -0.39 is 6.04 Å². The highest BCUT2D eigenvalue weighted by Gasteiger charge is 2.29. The van der Waals surface area contributed by atoms with Gasteiger partial charge in [0.2, 0.25) is 11.8 Å². The van der Waals surface area contributed by atoms with Crippen molar-refractivity contribution in [3.63, 3.8) is 0 Å². The Hall–Kier alpha value is -2.73. The summed E-state index contributed by atoms with van der Waals surface area (Å²) in [4.78, 5) is 29.7. The zero-order chi connectivity index (χ0) is 20.6. The minimum atomic E-state index is -0.669. The van der Waals surface area contributed by atoms with Gasteiger partial charge in [-0.1, -0.05) is 42.5 Å². The van der Waals surface area contributed by atoms with Crippen LogP contribution in [0.3, 0.4) is 0 Å². The summed E-state index contributed by atoms with van der Waals surface area (Å²) in [5.41, 5.74) is 1.79. The number of aryl methyl sites for hydroxylation is 1. The Balaban J connectivity index is 1.59. The number of halogens is 1. The van der Waals surface area contributed by atoms with Crippen LogP contribution < -0.4 is 5.32 Å². The van der Waals surface area contributed by atoms with Crippen LogP contribution in [0.1, 0.15) is 30.0 Å². The van der Waals surface area contributed by atoms with E-state index >= 15 is 0 Å². The van der Waals surface area contributed by atoms with Crippen molar-refractivity contribution in [3.8, 4) is 0 Å². The fourth-order valence-corrected chi connectivity index (χ4v) is 3.48. The van der Waals surface area contributed by atoms with Crippen molar-refractivity contribution in [3.05, 3.63) is 71.5 Å². The molecule has 1 N–H and O–H groups in total. The first-order valence-corrected chi connectivity index (χ1v) is 10.1. The Labute approximate surface area is 171 Å². The summed E-state index contributed by atoms with van der Waals surface area (Å²) >= 11 is 0. The lowest BCUT2D eigenvalue weighted by Crippen LogP contribution is -2.51. The van der Waals surface area contributed by atoms with Gasteiger partial charge in [0.1, 0.15) is 11.9 Å². The molecule has 1 fully saturated rings. The fourth-order valence-electron chi connectivity index (χ4n) is 3.48. The van der Waals surface area contributed by atoms with E-state index in [1.54, 1.807) is 12.1 Å². The molecule has 6 heteroatoms. The minimum absolute atomic E-state index is 0.0591. The molecule has 0 spiro atoms. The standard InChI is InChI=1S/C23H28FN3O2/c1-26-14-16-27(17-15-26)23(29)22(19-7-3-2-4-8-19)25-21(28)9-5-6-18-10-12-20(24)13-11-18/h2-4,7-8,10-13,22H,5-6,9,14-17H2,1H3,(H,25,28)/t22-/m0/s1. The van der Waals surface area contributed by atoms with Crippen LogP contribution in [0, 0.1) is 5.82 Å². The van der Waals surface area contributed by atoms with Gasteiger partial charge in [-0.2, -0.15) is 0 Å². The molecule has 0 radical (unpaired) electrons. The molecule has 154 valence electrons. The Morgan fingerprint density at radius 2 is 1.66 bits per heavy atom. The smallest absolute Gasteiger partial charge is 0.249 e. The van der Waals surface area contributed by atoms with Crippen molar-refractivity contribution in [1.29, 1.82) is 0 Å². The van der Waals surface area contributed by atoms with Crippen molar-refractivity contribution in [2.45, 2.75) is 25.3 Å². The maximum atomic E-state index is 13.1. The molecule has 1 heterocycles. The van der Waals surface area contributed by atoms with Crippen LogP contribution >= 0.6 is 0 Å². The van der Waals surface area contributed by atoms with Crippen LogP contribution in [-0.2, 0) is 16.0 Å². The Kier molecular flexibility index (Phi) is 7.36. The monoisotopic (exact) mass is 397 g/mol. The van der Waals surface area contributed by atoms with E-state index in [2.05, 4.69) is 10.2 Å². The average Bonchev–Trinajstić information content (AvgIpc) is 2.74. The first kappa shape index (κ1) is 21.0. The van der Waals surface area contributed by atoms with Crippen LogP contribution in [0.4, 0.5) is 4.39 Å². The predicted molar refractivity (Wildman–Crippen MR) is 111 cm³/mol. The third-order valence-corrected chi connectivity index (χ3v) is 5.28. The zero-order valence-corrected chi connectivity index (χ0v) is 16.8. The molecular formula is C23H28FN3O2. The van der Waals surface area contributed by atoms with E-state index in [0.717, 1.165) is 24.2 Å². The van der Waals surface area contributed by atoms with E-state index in [-0.39, 0.29) is 17.6 Å². The molecule has 1 aliphatic heterocycles.